The van der Waals surface area contributed by atoms with Crippen LogP contribution in [0.2, 0.25) is 0 Å². The molecule has 0 aliphatic rings. The number of nitrogens with two attached hydrogens (primary N) is 2. The normalized spacial score (nSPS) is 11.6. The summed E-state index contributed by atoms with van der Waals surface area (Å²) in [6, 6.07) is 13.9. The quantitative estimate of drug-likeness (QED) is 0.0437. The van der Waals surface area contributed by atoms with Gasteiger partial charge in [-0.1, -0.05) is 225 Å². The highest BCUT2D eigenvalue weighted by Crippen LogP contribution is 2.17. The van der Waals surface area contributed by atoms with Crippen LogP contribution in [0.3, 0.4) is 0 Å². The van der Waals surface area contributed by atoms with Gasteiger partial charge >= 0.3 is 0 Å². The lowest BCUT2D eigenvalue weighted by molar-refractivity contribution is -0.697. The third-order valence-electron chi connectivity index (χ3n) is 16.3. The molecule has 0 fully saturated rings. The van der Waals surface area contributed by atoms with Gasteiger partial charge in [0.2, 0.25) is 0 Å². The Balaban J connectivity index is 1.03. The van der Waals surface area contributed by atoms with Crippen LogP contribution in [-0.4, -0.2) is 13.1 Å². The standard InChI is InChI=1S/C69H124N5/c70-56-42-34-26-18-9-5-1-3-7-11-20-28-36-44-58-72-61-47-53-67(64-72)50-39-31-23-15-13-16-24-32-40-51-68-54-48-63-74(65-68)60-46-38-30-22-14-17-25-33-41-52-69-55-49-62-73(66-69)59-45-37-29-21-12-8-4-2-6-10-19-27-35-43-57-71/h47-49,53-55,61-66H,1-46,50-52,56-60,70-71H2/q+3. The van der Waals surface area contributed by atoms with Crippen LogP contribution in [0, 0.1) is 0 Å². The van der Waals surface area contributed by atoms with Crippen molar-refractivity contribution >= 4 is 0 Å². The molecule has 74 heavy (non-hydrogen) atoms. The van der Waals surface area contributed by atoms with Crippen molar-refractivity contribution in [3.05, 3.63) is 90.3 Å². The van der Waals surface area contributed by atoms with Crippen molar-refractivity contribution in [1.29, 1.82) is 0 Å². The summed E-state index contributed by atoms with van der Waals surface area (Å²) in [4.78, 5) is 0. The van der Waals surface area contributed by atoms with Gasteiger partial charge in [-0.25, -0.2) is 13.7 Å². The van der Waals surface area contributed by atoms with Crippen molar-refractivity contribution in [3.63, 3.8) is 0 Å². The molecule has 0 aliphatic carbocycles. The number of aromatic nitrogens is 3. The zero-order valence-electron chi connectivity index (χ0n) is 49.1. The summed E-state index contributed by atoms with van der Waals surface area (Å²) in [5.74, 6) is 0. The van der Waals surface area contributed by atoms with E-state index in [9.17, 15) is 0 Å². The smallest absolute Gasteiger partial charge is 0.171 e. The fraction of sp³-hybridized carbons (Fsp3) is 0.783. The Morgan fingerprint density at radius 1 is 0.216 bits per heavy atom. The van der Waals surface area contributed by atoms with Gasteiger partial charge in [-0.15, -0.1) is 0 Å². The van der Waals surface area contributed by atoms with Crippen LogP contribution in [0.5, 0.6) is 0 Å². The van der Waals surface area contributed by atoms with E-state index in [1.165, 1.54) is 351 Å². The first-order chi connectivity index (χ1) is 36.8. The van der Waals surface area contributed by atoms with Gasteiger partial charge in [0.25, 0.3) is 0 Å². The van der Waals surface area contributed by atoms with E-state index in [2.05, 4.69) is 87.3 Å². The van der Waals surface area contributed by atoms with Gasteiger partial charge in [0.1, 0.15) is 19.6 Å². The summed E-state index contributed by atoms with van der Waals surface area (Å²) in [5.41, 5.74) is 15.8. The van der Waals surface area contributed by atoms with Gasteiger partial charge in [0, 0.05) is 54.2 Å². The lowest BCUT2D eigenvalue weighted by Gasteiger charge is -2.05. The molecule has 3 heterocycles. The minimum atomic E-state index is 0.863. The fourth-order valence-electron chi connectivity index (χ4n) is 11.5. The van der Waals surface area contributed by atoms with E-state index < -0.39 is 0 Å². The summed E-state index contributed by atoms with van der Waals surface area (Å²) in [5, 5.41) is 0. The Kier molecular flexibility index (Phi) is 45.4. The molecule has 4 N–H and O–H groups in total. The van der Waals surface area contributed by atoms with Crippen LogP contribution in [-0.2, 0) is 38.9 Å². The number of aryl methyl sites for hydroxylation is 6. The molecule has 3 aromatic rings. The maximum atomic E-state index is 5.59. The van der Waals surface area contributed by atoms with Crippen molar-refractivity contribution in [2.24, 2.45) is 11.5 Å². The van der Waals surface area contributed by atoms with E-state index in [1.807, 2.05) is 0 Å². The first-order valence-electron chi connectivity index (χ1n) is 33.1. The van der Waals surface area contributed by atoms with Crippen molar-refractivity contribution in [1.82, 2.24) is 0 Å². The van der Waals surface area contributed by atoms with E-state index in [0.717, 1.165) is 13.1 Å². The minimum Gasteiger partial charge on any atom is -0.330 e. The molecule has 3 aromatic heterocycles. The molecule has 0 unspecified atom stereocenters. The molecule has 0 amide bonds. The van der Waals surface area contributed by atoms with E-state index in [1.54, 1.807) is 0 Å². The highest BCUT2D eigenvalue weighted by atomic mass is 14.9. The molecule has 0 saturated carbocycles. The van der Waals surface area contributed by atoms with Crippen molar-refractivity contribution < 1.29 is 13.7 Å². The maximum Gasteiger partial charge on any atom is 0.171 e. The summed E-state index contributed by atoms with van der Waals surface area (Å²) >= 11 is 0. The molecule has 0 atom stereocenters. The summed E-state index contributed by atoms with van der Waals surface area (Å²) in [7, 11) is 0. The van der Waals surface area contributed by atoms with Crippen molar-refractivity contribution in [2.75, 3.05) is 13.1 Å². The number of hydrogen-bond donors (Lipinski definition) is 2. The molecule has 0 saturated heterocycles. The second kappa shape index (κ2) is 51.1. The van der Waals surface area contributed by atoms with E-state index >= 15 is 0 Å². The van der Waals surface area contributed by atoms with E-state index in [-0.39, 0.29) is 0 Å². The average Bonchev–Trinajstić information content (AvgIpc) is 3.42. The first-order valence-corrected chi connectivity index (χ1v) is 33.1. The summed E-state index contributed by atoms with van der Waals surface area (Å²) < 4.78 is 7.36. The molecule has 0 spiro atoms. The number of pyridine rings is 3. The molecule has 0 aromatic carbocycles. The topological polar surface area (TPSA) is 63.7 Å². The van der Waals surface area contributed by atoms with E-state index in [0.29, 0.717) is 0 Å². The van der Waals surface area contributed by atoms with Crippen LogP contribution in [0.1, 0.15) is 312 Å². The number of unbranched alkanes of at least 4 members (excludes halogenated alkanes) is 42. The Hall–Kier alpha value is -2.63. The SMILES string of the molecule is NCCCCCCCCCCCCCCCC[n+]1cccc(CCCCCCCCCCCc2ccc[n+](CCCCCCCCCCCc3ccc[n+](CCCCCCCCCCCCCCCCN)c3)c2)c1. The van der Waals surface area contributed by atoms with Crippen LogP contribution in [0.15, 0.2) is 73.6 Å². The third-order valence-corrected chi connectivity index (χ3v) is 16.3. The third kappa shape index (κ3) is 40.6. The molecular formula is C69H124N5+3. The van der Waals surface area contributed by atoms with Gasteiger partial charge in [-0.05, 0) is 102 Å². The van der Waals surface area contributed by atoms with Crippen LogP contribution in [0.4, 0.5) is 0 Å². The number of hydrogen-bond acceptors (Lipinski definition) is 2. The first kappa shape index (κ1) is 65.7. The Morgan fingerprint density at radius 3 is 0.595 bits per heavy atom. The molecular weight excluding hydrogens is 899 g/mol. The Labute approximate surface area is 460 Å². The lowest BCUT2D eigenvalue weighted by atomic mass is 10.0. The average molecular weight is 1020 g/mol. The molecule has 0 aliphatic heterocycles. The van der Waals surface area contributed by atoms with E-state index in [4.69, 9.17) is 11.5 Å². The summed E-state index contributed by atoms with van der Waals surface area (Å²) in [6.45, 7) is 5.26. The number of rotatable bonds is 56. The predicted molar refractivity (Wildman–Crippen MR) is 322 cm³/mol. The highest BCUT2D eigenvalue weighted by Gasteiger charge is 2.07. The fourth-order valence-corrected chi connectivity index (χ4v) is 11.5. The second-order valence-electron chi connectivity index (χ2n) is 23.4. The Bertz CT molecular complexity index is 1510. The molecule has 3 rings (SSSR count). The van der Waals surface area contributed by atoms with Crippen molar-refractivity contribution in [3.8, 4) is 0 Å². The lowest BCUT2D eigenvalue weighted by Crippen LogP contribution is -2.33. The largest absolute Gasteiger partial charge is 0.330 e. The van der Waals surface area contributed by atoms with Crippen molar-refractivity contribution in [2.45, 2.75) is 334 Å². The molecule has 5 heteroatoms. The van der Waals surface area contributed by atoms with Crippen LogP contribution < -0.4 is 25.2 Å². The van der Waals surface area contributed by atoms with Gasteiger partial charge in [-0.2, -0.15) is 0 Å². The van der Waals surface area contributed by atoms with Crippen LogP contribution in [0.25, 0.3) is 0 Å². The second-order valence-corrected chi connectivity index (χ2v) is 23.4. The molecule has 0 radical (unpaired) electrons. The monoisotopic (exact) mass is 1020 g/mol. The van der Waals surface area contributed by atoms with Gasteiger partial charge in [-0.3, -0.25) is 0 Å². The van der Waals surface area contributed by atoms with Gasteiger partial charge < -0.3 is 11.5 Å². The predicted octanol–water partition coefficient (Wildman–Crippen LogP) is 18.4. The Morgan fingerprint density at radius 2 is 0.392 bits per heavy atom. The zero-order valence-corrected chi connectivity index (χ0v) is 49.1. The highest BCUT2D eigenvalue weighted by molar-refractivity contribution is 5.06. The molecule has 0 bridgehead atoms. The molecule has 422 valence electrons. The zero-order chi connectivity index (χ0) is 52.1. The summed E-state index contributed by atoms with van der Waals surface area (Å²) in [6.07, 6.45) is 81.8. The minimum absolute atomic E-state index is 0.863. The molecule has 5 nitrogen and oxygen atoms in total. The number of nitrogens with zero attached hydrogens (tertiary/aromatic N) is 3. The maximum absolute atomic E-state index is 5.59. The van der Waals surface area contributed by atoms with Gasteiger partial charge in [0.05, 0.1) is 0 Å². The van der Waals surface area contributed by atoms with Crippen LogP contribution >= 0.6 is 0 Å². The van der Waals surface area contributed by atoms with Gasteiger partial charge in [0.15, 0.2) is 37.2 Å².